The van der Waals surface area contributed by atoms with Gasteiger partial charge in [0.1, 0.15) is 12.4 Å². The largest absolute Gasteiger partial charge is 0.392 e. The third kappa shape index (κ3) is 1.52. The number of piperidine rings is 1. The topological polar surface area (TPSA) is 77.5 Å². The first kappa shape index (κ1) is 18.9. The molecule has 7 rings (SSSR count). The Morgan fingerprint density at radius 2 is 2.03 bits per heavy atom. The number of aliphatic hydroxyl groups is 1. The number of carbonyl (C=O) groups is 1. The van der Waals surface area contributed by atoms with Crippen LogP contribution in [-0.2, 0) is 23.7 Å². The molecule has 12 atom stereocenters. The lowest BCUT2D eigenvalue weighted by Crippen LogP contribution is -2.80. The molecule has 0 unspecified atom stereocenters. The molecular weight excluding hydrogens is 386 g/mol. The molecule has 30 heavy (non-hydrogen) atoms. The molecule has 7 aliphatic rings. The summed E-state index contributed by atoms with van der Waals surface area (Å²) >= 11 is 0. The van der Waals surface area contributed by atoms with Gasteiger partial charge in [0.15, 0.2) is 11.4 Å². The van der Waals surface area contributed by atoms with Gasteiger partial charge in [-0.1, -0.05) is 6.92 Å². The van der Waals surface area contributed by atoms with Crippen LogP contribution in [0.5, 0.6) is 0 Å². The summed E-state index contributed by atoms with van der Waals surface area (Å²) in [5.74, 6) is 0.256. The van der Waals surface area contributed by atoms with Crippen molar-refractivity contribution in [3.8, 4) is 0 Å². The second kappa shape index (κ2) is 5.32. The van der Waals surface area contributed by atoms with E-state index in [1.165, 1.54) is 0 Å². The SMILES string of the molecule is CO[C@H]1C[C@]23OCO[C@]24C(=O)[C@@H]2[C@@]5(C)CC[C@H](OC)[C@]2([C@@H]2C[C@H]1[C@H](O)[C@@H]23)[C@@H]4N(C)C5. The first-order valence-electron chi connectivity index (χ1n) is 11.6. The van der Waals surface area contributed by atoms with Crippen LogP contribution in [0.1, 0.15) is 32.6 Å². The Morgan fingerprint density at radius 1 is 1.23 bits per heavy atom. The molecule has 5 aliphatic carbocycles. The maximum Gasteiger partial charge on any atom is 0.174 e. The molecule has 7 heteroatoms. The fourth-order valence-electron chi connectivity index (χ4n) is 10.7. The lowest BCUT2D eigenvalue weighted by molar-refractivity contribution is -0.277. The standard InChI is InChI=1S/C23H33NO6/c1-20-6-5-14(28-4)22-12-7-11-13(27-3)8-21(15(12)16(11)25)23(30-10-29-21,18(26)17(20)22)19(22)24(2)9-20/h11-17,19,25H,5-10H2,1-4H3/t11-,12-,13+,14+,15-,16+,17-,19+,20+,21-,22+,23+/m1/s1. The van der Waals surface area contributed by atoms with Crippen LogP contribution in [0.2, 0.25) is 0 Å². The van der Waals surface area contributed by atoms with Gasteiger partial charge in [-0.3, -0.25) is 9.69 Å². The molecule has 2 aliphatic heterocycles. The molecule has 0 aromatic rings. The number of ketones is 1. The second-order valence-corrected chi connectivity index (χ2v) is 11.6. The van der Waals surface area contributed by atoms with Crippen LogP contribution < -0.4 is 0 Å². The van der Waals surface area contributed by atoms with E-state index in [9.17, 15) is 9.90 Å². The van der Waals surface area contributed by atoms with E-state index in [2.05, 4.69) is 18.9 Å². The number of fused-ring (bicyclic) bond motifs is 1. The monoisotopic (exact) mass is 419 g/mol. The van der Waals surface area contributed by atoms with Crippen LogP contribution in [0, 0.1) is 34.5 Å². The van der Waals surface area contributed by atoms with E-state index >= 15 is 0 Å². The number of hydrogen-bond donors (Lipinski definition) is 1. The molecule has 7 fully saturated rings. The number of rotatable bonds is 2. The zero-order valence-corrected chi connectivity index (χ0v) is 18.3. The predicted octanol–water partition coefficient (Wildman–Crippen LogP) is 0.828. The summed E-state index contributed by atoms with van der Waals surface area (Å²) in [6.45, 7) is 3.31. The average molecular weight is 420 g/mol. The molecule has 0 amide bonds. The van der Waals surface area contributed by atoms with E-state index in [1.807, 2.05) is 0 Å². The summed E-state index contributed by atoms with van der Waals surface area (Å²) in [5.41, 5.74) is -2.30. The number of nitrogens with zero attached hydrogens (tertiary/aromatic N) is 1. The van der Waals surface area contributed by atoms with Gasteiger partial charge >= 0.3 is 0 Å². The van der Waals surface area contributed by atoms with Crippen molar-refractivity contribution in [2.24, 2.45) is 34.5 Å². The number of likely N-dealkylation sites (N-methyl/N-ethyl adjacent to an activating group) is 1. The van der Waals surface area contributed by atoms with Gasteiger partial charge in [-0.15, -0.1) is 0 Å². The van der Waals surface area contributed by atoms with Gasteiger partial charge in [0.2, 0.25) is 0 Å². The van der Waals surface area contributed by atoms with E-state index in [4.69, 9.17) is 18.9 Å². The quantitative estimate of drug-likeness (QED) is 0.710. The van der Waals surface area contributed by atoms with E-state index in [0.717, 1.165) is 25.8 Å². The zero-order valence-electron chi connectivity index (χ0n) is 18.3. The van der Waals surface area contributed by atoms with Gasteiger partial charge < -0.3 is 24.1 Å². The fourth-order valence-corrected chi connectivity index (χ4v) is 10.7. The van der Waals surface area contributed by atoms with Crippen molar-refractivity contribution in [3.63, 3.8) is 0 Å². The first-order chi connectivity index (χ1) is 14.3. The van der Waals surface area contributed by atoms with Gasteiger partial charge in [0, 0.05) is 50.4 Å². The Kier molecular flexibility index (Phi) is 3.36. The van der Waals surface area contributed by atoms with Crippen molar-refractivity contribution >= 4 is 5.78 Å². The van der Waals surface area contributed by atoms with E-state index in [-0.39, 0.29) is 65.3 Å². The summed E-state index contributed by atoms with van der Waals surface area (Å²) in [7, 11) is 5.68. The highest BCUT2D eigenvalue weighted by Crippen LogP contribution is 2.80. The van der Waals surface area contributed by atoms with Gasteiger partial charge in [-0.2, -0.15) is 0 Å². The highest BCUT2D eigenvalue weighted by molar-refractivity contribution is 5.98. The lowest BCUT2D eigenvalue weighted by Gasteiger charge is -2.68. The van der Waals surface area contributed by atoms with Gasteiger partial charge in [0.25, 0.3) is 0 Å². The Hall–Kier alpha value is -0.570. The first-order valence-corrected chi connectivity index (χ1v) is 11.6. The van der Waals surface area contributed by atoms with Gasteiger partial charge in [0.05, 0.1) is 24.4 Å². The minimum atomic E-state index is -1.04. The van der Waals surface area contributed by atoms with E-state index in [1.54, 1.807) is 14.2 Å². The van der Waals surface area contributed by atoms with Gasteiger partial charge in [-0.05, 0) is 37.6 Å². The predicted molar refractivity (Wildman–Crippen MR) is 104 cm³/mol. The number of aliphatic hydroxyl groups excluding tert-OH is 1. The number of Topliss-reactive ketones (excluding diaryl/α,β-unsaturated/α-hetero) is 1. The van der Waals surface area contributed by atoms with Crippen LogP contribution in [-0.4, -0.2) is 86.0 Å². The molecule has 1 N–H and O–H groups in total. The minimum Gasteiger partial charge on any atom is -0.392 e. The molecule has 7 nitrogen and oxygen atoms in total. The zero-order chi connectivity index (χ0) is 20.8. The van der Waals surface area contributed by atoms with E-state index in [0.29, 0.717) is 6.42 Å². The highest BCUT2D eigenvalue weighted by atomic mass is 16.7. The van der Waals surface area contributed by atoms with Crippen LogP contribution in [0.15, 0.2) is 0 Å². The molecule has 7 bridgehead atoms. The third-order valence-corrected chi connectivity index (χ3v) is 11.0. The van der Waals surface area contributed by atoms with Crippen molar-refractivity contribution in [1.29, 1.82) is 0 Å². The summed E-state index contributed by atoms with van der Waals surface area (Å²) in [4.78, 5) is 17.0. The summed E-state index contributed by atoms with van der Waals surface area (Å²) < 4.78 is 25.1. The Balaban J connectivity index is 1.58. The molecular formula is C23H33NO6. The summed E-state index contributed by atoms with van der Waals surface area (Å²) in [6, 6.07) is -0.0777. The van der Waals surface area contributed by atoms with Crippen LogP contribution in [0.25, 0.3) is 0 Å². The number of methoxy groups -OCH3 is 2. The van der Waals surface area contributed by atoms with Crippen molar-refractivity contribution in [2.45, 2.75) is 68.2 Å². The molecule has 0 aromatic carbocycles. The Labute approximate surface area is 177 Å². The smallest absolute Gasteiger partial charge is 0.174 e. The normalized spacial score (nSPS) is 65.2. The van der Waals surface area contributed by atoms with Crippen LogP contribution in [0.4, 0.5) is 0 Å². The molecule has 2 saturated heterocycles. The van der Waals surface area contributed by atoms with Crippen molar-refractivity contribution in [1.82, 2.24) is 4.90 Å². The van der Waals surface area contributed by atoms with E-state index < -0.39 is 17.3 Å². The number of ether oxygens (including phenoxy) is 4. The van der Waals surface area contributed by atoms with Crippen molar-refractivity contribution in [3.05, 3.63) is 0 Å². The van der Waals surface area contributed by atoms with Crippen LogP contribution >= 0.6 is 0 Å². The Bertz CT molecular complexity index is 837. The molecule has 0 aromatic heterocycles. The highest BCUT2D eigenvalue weighted by Gasteiger charge is 2.93. The molecule has 2 heterocycles. The third-order valence-electron chi connectivity index (χ3n) is 11.0. The minimum absolute atomic E-state index is 0.00797. The summed E-state index contributed by atoms with van der Waals surface area (Å²) in [6.07, 6.45) is 2.78. The number of hydrogen-bond acceptors (Lipinski definition) is 7. The van der Waals surface area contributed by atoms with Crippen molar-refractivity contribution in [2.75, 3.05) is 34.6 Å². The lowest BCUT2D eigenvalue weighted by atomic mass is 9.43. The molecule has 5 saturated carbocycles. The van der Waals surface area contributed by atoms with Crippen LogP contribution in [0.3, 0.4) is 0 Å². The molecule has 3 spiro atoms. The molecule has 0 radical (unpaired) electrons. The molecule has 166 valence electrons. The Morgan fingerprint density at radius 3 is 2.77 bits per heavy atom. The van der Waals surface area contributed by atoms with Crippen molar-refractivity contribution < 1.29 is 28.8 Å². The fraction of sp³-hybridized carbons (Fsp3) is 0.957. The maximum atomic E-state index is 14.6. The average Bonchev–Trinajstić information content (AvgIpc) is 3.25. The number of carbonyl (C=O) groups excluding carboxylic acids is 1. The second-order valence-electron chi connectivity index (χ2n) is 11.6. The maximum absolute atomic E-state index is 14.6. The summed E-state index contributed by atoms with van der Waals surface area (Å²) in [5, 5.41) is 11.6. The van der Waals surface area contributed by atoms with Gasteiger partial charge in [-0.25, -0.2) is 0 Å². The number of likely N-dealkylation sites (tertiary alicyclic amines) is 1.